The lowest BCUT2D eigenvalue weighted by atomic mass is 10.3. The number of rotatable bonds is 6. The first kappa shape index (κ1) is 12.2. The molecule has 0 radical (unpaired) electrons. The minimum Gasteiger partial charge on any atom is -0.298 e. The van der Waals surface area contributed by atoms with E-state index in [1.807, 2.05) is 0 Å². The number of aryl methyl sites for hydroxylation is 1. The van der Waals surface area contributed by atoms with Crippen molar-refractivity contribution in [1.82, 2.24) is 14.8 Å². The van der Waals surface area contributed by atoms with Gasteiger partial charge in [0.05, 0.1) is 12.2 Å². The molecule has 1 heterocycles. The quantitative estimate of drug-likeness (QED) is 0.738. The maximum atomic E-state index is 11.6. The topological polar surface area (TPSA) is 47.8 Å². The average molecular weight is 227 g/mol. The molecule has 0 amide bonds. The molecule has 5 heteroatoms. The highest BCUT2D eigenvalue weighted by Crippen LogP contribution is 2.13. The SMILES string of the molecule is CCC(C)SCC(=O)Cc1ncnn1C. The standard InChI is InChI=1S/C10H17N3OS/c1-4-8(2)15-6-9(14)5-10-11-7-12-13(10)3/h7-8H,4-6H2,1-3H3. The lowest BCUT2D eigenvalue weighted by molar-refractivity contribution is -0.116. The van der Waals surface area contributed by atoms with Crippen LogP contribution in [0.15, 0.2) is 6.33 Å². The normalized spacial score (nSPS) is 12.7. The zero-order valence-electron chi connectivity index (χ0n) is 9.43. The van der Waals surface area contributed by atoms with E-state index in [1.165, 1.54) is 6.33 Å². The first-order chi connectivity index (χ1) is 7.13. The third kappa shape index (κ3) is 4.03. The molecule has 1 rings (SSSR count). The number of aromatic nitrogens is 3. The van der Waals surface area contributed by atoms with Crippen molar-refractivity contribution in [1.29, 1.82) is 0 Å². The molecular weight excluding hydrogens is 210 g/mol. The van der Waals surface area contributed by atoms with Gasteiger partial charge in [0.2, 0.25) is 0 Å². The molecule has 1 unspecified atom stereocenters. The number of hydrogen-bond acceptors (Lipinski definition) is 4. The van der Waals surface area contributed by atoms with Crippen molar-refractivity contribution in [3.8, 4) is 0 Å². The second-order valence-electron chi connectivity index (χ2n) is 3.55. The van der Waals surface area contributed by atoms with Gasteiger partial charge in [0.1, 0.15) is 17.9 Å². The van der Waals surface area contributed by atoms with Crippen molar-refractivity contribution < 1.29 is 4.79 Å². The first-order valence-electron chi connectivity index (χ1n) is 5.09. The van der Waals surface area contributed by atoms with Crippen molar-refractivity contribution >= 4 is 17.5 Å². The largest absolute Gasteiger partial charge is 0.298 e. The smallest absolute Gasteiger partial charge is 0.150 e. The van der Waals surface area contributed by atoms with Crippen LogP contribution in [0.5, 0.6) is 0 Å². The average Bonchev–Trinajstić information content (AvgIpc) is 2.61. The van der Waals surface area contributed by atoms with Crippen molar-refractivity contribution in [3.63, 3.8) is 0 Å². The van der Waals surface area contributed by atoms with Crippen LogP contribution >= 0.6 is 11.8 Å². The molecule has 0 fully saturated rings. The molecule has 0 saturated heterocycles. The van der Waals surface area contributed by atoms with E-state index in [-0.39, 0.29) is 5.78 Å². The van der Waals surface area contributed by atoms with E-state index in [2.05, 4.69) is 23.9 Å². The van der Waals surface area contributed by atoms with Crippen molar-refractivity contribution in [3.05, 3.63) is 12.2 Å². The van der Waals surface area contributed by atoms with Crippen LogP contribution in [0.25, 0.3) is 0 Å². The molecule has 0 N–H and O–H groups in total. The van der Waals surface area contributed by atoms with E-state index < -0.39 is 0 Å². The molecule has 0 bridgehead atoms. The Hall–Kier alpha value is -0.840. The highest BCUT2D eigenvalue weighted by atomic mass is 32.2. The van der Waals surface area contributed by atoms with Crippen LogP contribution in [0.3, 0.4) is 0 Å². The Morgan fingerprint density at radius 3 is 2.93 bits per heavy atom. The van der Waals surface area contributed by atoms with E-state index in [0.29, 0.717) is 17.4 Å². The highest BCUT2D eigenvalue weighted by Gasteiger charge is 2.09. The van der Waals surface area contributed by atoms with Crippen molar-refractivity contribution in [2.75, 3.05) is 5.75 Å². The summed E-state index contributed by atoms with van der Waals surface area (Å²) >= 11 is 1.71. The third-order valence-corrected chi connectivity index (χ3v) is 3.66. The fraction of sp³-hybridized carbons (Fsp3) is 0.700. The van der Waals surface area contributed by atoms with E-state index in [1.54, 1.807) is 23.5 Å². The van der Waals surface area contributed by atoms with Gasteiger partial charge < -0.3 is 0 Å². The van der Waals surface area contributed by atoms with Crippen LogP contribution in [0.2, 0.25) is 0 Å². The summed E-state index contributed by atoms with van der Waals surface area (Å²) < 4.78 is 1.64. The highest BCUT2D eigenvalue weighted by molar-refractivity contribution is 8.00. The minimum absolute atomic E-state index is 0.219. The number of carbonyl (C=O) groups is 1. The van der Waals surface area contributed by atoms with Gasteiger partial charge in [-0.1, -0.05) is 13.8 Å². The number of thioether (sulfide) groups is 1. The molecule has 0 aliphatic carbocycles. The number of carbonyl (C=O) groups excluding carboxylic acids is 1. The van der Waals surface area contributed by atoms with Crippen LogP contribution in [-0.4, -0.2) is 31.6 Å². The molecular formula is C10H17N3OS. The molecule has 0 aliphatic rings. The van der Waals surface area contributed by atoms with E-state index in [9.17, 15) is 4.79 Å². The first-order valence-corrected chi connectivity index (χ1v) is 6.14. The summed E-state index contributed by atoms with van der Waals surface area (Å²) in [5.74, 6) is 1.53. The summed E-state index contributed by atoms with van der Waals surface area (Å²) in [6.45, 7) is 4.27. The number of Topliss-reactive ketones (excluding diaryl/α,β-unsaturated/α-hetero) is 1. The minimum atomic E-state index is 0.219. The third-order valence-electron chi connectivity index (χ3n) is 2.26. The predicted molar refractivity (Wildman–Crippen MR) is 61.9 cm³/mol. The van der Waals surface area contributed by atoms with Crippen LogP contribution in [-0.2, 0) is 18.3 Å². The summed E-state index contributed by atoms with van der Waals surface area (Å²) in [5, 5.41) is 4.48. The molecule has 1 atom stereocenters. The summed E-state index contributed by atoms with van der Waals surface area (Å²) in [7, 11) is 1.80. The number of nitrogens with zero attached hydrogens (tertiary/aromatic N) is 3. The van der Waals surface area contributed by atoms with Gasteiger partial charge in [-0.2, -0.15) is 16.9 Å². The molecule has 1 aromatic heterocycles. The Kier molecular flexibility index (Phi) is 4.81. The van der Waals surface area contributed by atoms with Crippen LogP contribution in [0.1, 0.15) is 26.1 Å². The van der Waals surface area contributed by atoms with E-state index >= 15 is 0 Å². The molecule has 0 aromatic carbocycles. The Balaban J connectivity index is 2.34. The Labute approximate surface area is 94.5 Å². The fourth-order valence-electron chi connectivity index (χ4n) is 1.06. The second-order valence-corrected chi connectivity index (χ2v) is 4.97. The monoisotopic (exact) mass is 227 g/mol. The molecule has 1 aromatic rings. The lowest BCUT2D eigenvalue weighted by Gasteiger charge is -2.06. The van der Waals surface area contributed by atoms with E-state index in [4.69, 9.17) is 0 Å². The summed E-state index contributed by atoms with van der Waals surface area (Å²) in [6.07, 6.45) is 2.96. The lowest BCUT2D eigenvalue weighted by Crippen LogP contribution is -2.12. The Morgan fingerprint density at radius 2 is 2.40 bits per heavy atom. The second kappa shape index (κ2) is 5.90. The summed E-state index contributed by atoms with van der Waals surface area (Å²) in [6, 6.07) is 0. The van der Waals surface area contributed by atoms with Gasteiger partial charge in [-0.15, -0.1) is 0 Å². The molecule has 84 valence electrons. The predicted octanol–water partition coefficient (Wildman–Crippen LogP) is 1.46. The number of hydrogen-bond donors (Lipinski definition) is 0. The fourth-order valence-corrected chi connectivity index (χ4v) is 1.87. The zero-order valence-corrected chi connectivity index (χ0v) is 10.3. The van der Waals surface area contributed by atoms with Gasteiger partial charge in [-0.25, -0.2) is 4.98 Å². The van der Waals surface area contributed by atoms with Gasteiger partial charge in [0.15, 0.2) is 0 Å². The van der Waals surface area contributed by atoms with Crippen molar-refractivity contribution in [2.24, 2.45) is 7.05 Å². The number of ketones is 1. The molecule has 0 spiro atoms. The molecule has 0 saturated carbocycles. The van der Waals surface area contributed by atoms with Crippen LogP contribution in [0, 0.1) is 0 Å². The summed E-state index contributed by atoms with van der Waals surface area (Å²) in [5.41, 5.74) is 0. The molecule has 0 aliphatic heterocycles. The molecule has 4 nitrogen and oxygen atoms in total. The zero-order chi connectivity index (χ0) is 11.3. The summed E-state index contributed by atoms with van der Waals surface area (Å²) in [4.78, 5) is 15.6. The van der Waals surface area contributed by atoms with Gasteiger partial charge in [-0.05, 0) is 6.42 Å². The van der Waals surface area contributed by atoms with Crippen LogP contribution in [0.4, 0.5) is 0 Å². The van der Waals surface area contributed by atoms with Gasteiger partial charge >= 0.3 is 0 Å². The van der Waals surface area contributed by atoms with Gasteiger partial charge in [-0.3, -0.25) is 9.48 Å². The van der Waals surface area contributed by atoms with Crippen molar-refractivity contribution in [2.45, 2.75) is 31.9 Å². The Morgan fingerprint density at radius 1 is 1.67 bits per heavy atom. The van der Waals surface area contributed by atoms with Gasteiger partial charge in [0, 0.05) is 12.3 Å². The maximum Gasteiger partial charge on any atom is 0.150 e. The van der Waals surface area contributed by atoms with Crippen LogP contribution < -0.4 is 0 Å². The van der Waals surface area contributed by atoms with E-state index in [0.717, 1.165) is 12.2 Å². The molecule has 15 heavy (non-hydrogen) atoms. The maximum absolute atomic E-state index is 11.6. The van der Waals surface area contributed by atoms with Gasteiger partial charge in [0.25, 0.3) is 0 Å². The Bertz CT molecular complexity index is 324.